The van der Waals surface area contributed by atoms with Crippen LogP contribution in [-0.2, 0) is 9.22 Å². The number of carbonyl (C=O) groups is 1. The largest absolute Gasteiger partial charge is 0.416 e. The third-order valence-electron chi connectivity index (χ3n) is 4.38. The maximum absolute atomic E-state index is 11.8. The van der Waals surface area contributed by atoms with Crippen molar-refractivity contribution in [3.63, 3.8) is 0 Å². The molecule has 0 aliphatic heterocycles. The Balaban J connectivity index is 4.64. The van der Waals surface area contributed by atoms with Crippen molar-refractivity contribution in [3.05, 3.63) is 0 Å². The standard InChI is InChI=1S/C17H32BrNO2Si/c1-8-10-19(17(20)13-18)11-9-12-21-22(14(2)3,15(4)5)16(6)7/h1,14-16H,9-13H2,2-7H3. The van der Waals surface area contributed by atoms with Gasteiger partial charge in [-0.05, 0) is 23.0 Å². The molecule has 22 heavy (non-hydrogen) atoms. The van der Waals surface area contributed by atoms with Crippen molar-refractivity contribution >= 4 is 30.2 Å². The summed E-state index contributed by atoms with van der Waals surface area (Å²) in [5.74, 6) is 2.59. The van der Waals surface area contributed by atoms with Crippen LogP contribution >= 0.6 is 15.9 Å². The third kappa shape index (κ3) is 5.71. The molecule has 0 bridgehead atoms. The molecule has 0 aromatic carbocycles. The normalized spacial score (nSPS) is 12.0. The van der Waals surface area contributed by atoms with Crippen LogP contribution in [0.4, 0.5) is 0 Å². The molecule has 0 N–H and O–H groups in total. The average Bonchev–Trinajstić information content (AvgIpc) is 2.43. The zero-order chi connectivity index (χ0) is 17.3. The summed E-state index contributed by atoms with van der Waals surface area (Å²) in [6, 6.07) is 0. The van der Waals surface area contributed by atoms with Crippen LogP contribution in [0.25, 0.3) is 0 Å². The van der Waals surface area contributed by atoms with Crippen LogP contribution in [0, 0.1) is 12.3 Å². The molecular weight excluding hydrogens is 358 g/mol. The van der Waals surface area contributed by atoms with E-state index in [0.717, 1.165) is 6.42 Å². The Hall–Kier alpha value is -0.313. The van der Waals surface area contributed by atoms with E-state index >= 15 is 0 Å². The van der Waals surface area contributed by atoms with Crippen LogP contribution in [0.2, 0.25) is 16.6 Å². The summed E-state index contributed by atoms with van der Waals surface area (Å²) >= 11 is 3.20. The number of hydrogen-bond donors (Lipinski definition) is 0. The lowest BCUT2D eigenvalue weighted by molar-refractivity contribution is -0.127. The molecule has 0 spiro atoms. The van der Waals surface area contributed by atoms with Crippen LogP contribution in [-0.4, -0.2) is 44.2 Å². The Kier molecular flexibility index (Phi) is 10.3. The maximum Gasteiger partial charge on any atom is 0.234 e. The molecule has 0 saturated heterocycles. The molecule has 0 aliphatic rings. The van der Waals surface area contributed by atoms with E-state index < -0.39 is 8.32 Å². The smallest absolute Gasteiger partial charge is 0.234 e. The van der Waals surface area contributed by atoms with Crippen LogP contribution in [0.1, 0.15) is 48.0 Å². The predicted octanol–water partition coefficient (Wildman–Crippen LogP) is 4.43. The molecule has 128 valence electrons. The number of rotatable bonds is 10. The number of alkyl halides is 1. The van der Waals surface area contributed by atoms with Crippen molar-refractivity contribution in [2.75, 3.05) is 25.0 Å². The Morgan fingerprint density at radius 1 is 1.18 bits per heavy atom. The second-order valence-electron chi connectivity index (χ2n) is 6.67. The lowest BCUT2D eigenvalue weighted by Crippen LogP contribution is -2.48. The molecule has 0 atom stereocenters. The number of amides is 1. The Labute approximate surface area is 146 Å². The Bertz CT molecular complexity index is 356. The fourth-order valence-corrected chi connectivity index (χ4v) is 9.34. The van der Waals surface area contributed by atoms with Gasteiger partial charge in [-0.3, -0.25) is 4.79 Å². The van der Waals surface area contributed by atoms with Crippen LogP contribution in [0.5, 0.6) is 0 Å². The van der Waals surface area contributed by atoms with Crippen LogP contribution in [0.15, 0.2) is 0 Å². The summed E-state index contributed by atoms with van der Waals surface area (Å²) in [7, 11) is -1.81. The minimum atomic E-state index is -1.81. The van der Waals surface area contributed by atoms with Gasteiger partial charge in [0.1, 0.15) is 0 Å². The molecule has 3 nitrogen and oxygen atoms in total. The summed E-state index contributed by atoms with van der Waals surface area (Å²) in [5, 5.41) is 0.318. The highest BCUT2D eigenvalue weighted by molar-refractivity contribution is 9.09. The van der Waals surface area contributed by atoms with E-state index in [1.165, 1.54) is 0 Å². The molecular formula is C17H32BrNO2Si. The first-order chi connectivity index (χ1) is 10.2. The van der Waals surface area contributed by atoms with Gasteiger partial charge < -0.3 is 9.33 Å². The highest BCUT2D eigenvalue weighted by atomic mass is 79.9. The fraction of sp³-hybridized carbons (Fsp3) is 0.824. The first kappa shape index (κ1) is 21.7. The van der Waals surface area contributed by atoms with Crippen molar-refractivity contribution in [2.45, 2.75) is 64.6 Å². The quantitative estimate of drug-likeness (QED) is 0.239. The molecule has 0 fully saturated rings. The monoisotopic (exact) mass is 389 g/mol. The SMILES string of the molecule is C#CCN(CCCO[Si](C(C)C)(C(C)C)C(C)C)C(=O)CBr. The van der Waals surface area contributed by atoms with Gasteiger partial charge in [0, 0.05) is 13.2 Å². The van der Waals surface area contributed by atoms with Crippen LogP contribution in [0.3, 0.4) is 0 Å². The van der Waals surface area contributed by atoms with Gasteiger partial charge in [0.2, 0.25) is 5.91 Å². The minimum Gasteiger partial charge on any atom is -0.416 e. The molecule has 5 heteroatoms. The topological polar surface area (TPSA) is 29.5 Å². The van der Waals surface area contributed by atoms with Crippen molar-refractivity contribution in [1.29, 1.82) is 0 Å². The van der Waals surface area contributed by atoms with Crippen molar-refractivity contribution in [1.82, 2.24) is 4.90 Å². The van der Waals surface area contributed by atoms with Gasteiger partial charge in [-0.15, -0.1) is 6.42 Å². The van der Waals surface area contributed by atoms with Gasteiger partial charge >= 0.3 is 0 Å². The van der Waals surface area contributed by atoms with Gasteiger partial charge in [-0.25, -0.2) is 0 Å². The average molecular weight is 390 g/mol. The molecule has 0 aliphatic carbocycles. The zero-order valence-corrected chi connectivity index (χ0v) is 17.6. The van der Waals surface area contributed by atoms with Gasteiger partial charge in [-0.2, -0.15) is 0 Å². The van der Waals surface area contributed by atoms with Crippen molar-refractivity contribution in [2.24, 2.45) is 0 Å². The van der Waals surface area contributed by atoms with E-state index in [0.29, 0.717) is 41.7 Å². The highest BCUT2D eigenvalue weighted by Crippen LogP contribution is 2.42. The first-order valence-corrected chi connectivity index (χ1v) is 11.4. The summed E-state index contributed by atoms with van der Waals surface area (Å²) in [6.45, 7) is 15.4. The molecule has 0 radical (unpaired) electrons. The summed E-state index contributed by atoms with van der Waals surface area (Å²) in [5.41, 5.74) is 1.75. The highest BCUT2D eigenvalue weighted by Gasteiger charge is 2.44. The predicted molar refractivity (Wildman–Crippen MR) is 101 cm³/mol. The molecule has 0 aromatic rings. The number of hydrogen-bond acceptors (Lipinski definition) is 2. The van der Waals surface area contributed by atoms with Gasteiger partial charge in [0.15, 0.2) is 8.32 Å². The number of nitrogens with zero attached hydrogens (tertiary/aromatic N) is 1. The van der Waals surface area contributed by atoms with Gasteiger partial charge in [0.05, 0.1) is 11.9 Å². The first-order valence-electron chi connectivity index (χ1n) is 8.15. The Morgan fingerprint density at radius 2 is 1.68 bits per heavy atom. The fourth-order valence-electron chi connectivity index (χ4n) is 3.49. The van der Waals surface area contributed by atoms with E-state index in [1.54, 1.807) is 4.90 Å². The van der Waals surface area contributed by atoms with E-state index in [1.807, 2.05) is 0 Å². The molecule has 0 unspecified atom stereocenters. The summed E-state index contributed by atoms with van der Waals surface area (Å²) in [4.78, 5) is 13.5. The molecule has 1 amide bonds. The third-order valence-corrected chi connectivity index (χ3v) is 11.0. The number of halogens is 1. The van der Waals surface area contributed by atoms with E-state index in [9.17, 15) is 4.79 Å². The molecule has 0 saturated carbocycles. The summed E-state index contributed by atoms with van der Waals surface area (Å²) < 4.78 is 6.49. The van der Waals surface area contributed by atoms with Gasteiger partial charge in [-0.1, -0.05) is 63.4 Å². The second kappa shape index (κ2) is 10.5. The van der Waals surface area contributed by atoms with E-state index in [-0.39, 0.29) is 5.91 Å². The lowest BCUT2D eigenvalue weighted by Gasteiger charge is -2.42. The molecule has 0 aromatic heterocycles. The van der Waals surface area contributed by atoms with E-state index in [4.69, 9.17) is 10.8 Å². The van der Waals surface area contributed by atoms with E-state index in [2.05, 4.69) is 63.4 Å². The maximum atomic E-state index is 11.8. The number of carbonyl (C=O) groups excluding carboxylic acids is 1. The van der Waals surface area contributed by atoms with Crippen molar-refractivity contribution < 1.29 is 9.22 Å². The number of terminal acetylenes is 1. The van der Waals surface area contributed by atoms with Crippen LogP contribution < -0.4 is 0 Å². The second-order valence-corrected chi connectivity index (χ2v) is 12.7. The lowest BCUT2D eigenvalue weighted by atomic mass is 10.4. The summed E-state index contributed by atoms with van der Waals surface area (Å²) in [6.07, 6.45) is 6.17. The van der Waals surface area contributed by atoms with Gasteiger partial charge in [0.25, 0.3) is 0 Å². The Morgan fingerprint density at radius 3 is 2.05 bits per heavy atom. The zero-order valence-electron chi connectivity index (χ0n) is 15.0. The molecule has 0 rings (SSSR count). The molecule has 0 heterocycles. The minimum absolute atomic E-state index is 0.0398. The van der Waals surface area contributed by atoms with Crippen molar-refractivity contribution in [3.8, 4) is 12.3 Å².